The van der Waals surface area contributed by atoms with E-state index in [0.29, 0.717) is 12.0 Å². The predicted octanol–water partition coefficient (Wildman–Crippen LogP) is 3.88. The van der Waals surface area contributed by atoms with Gasteiger partial charge in [-0.15, -0.1) is 0 Å². The van der Waals surface area contributed by atoms with Gasteiger partial charge >= 0.3 is 0 Å². The van der Waals surface area contributed by atoms with Crippen molar-refractivity contribution >= 4 is 5.78 Å². The Morgan fingerprint density at radius 1 is 1.19 bits per heavy atom. The number of halogens is 1. The highest BCUT2D eigenvalue weighted by Gasteiger charge is 2.25. The summed E-state index contributed by atoms with van der Waals surface area (Å²) in [6, 6.07) is 7.41. The molecule has 1 nitrogen and oxygen atoms in total. The van der Waals surface area contributed by atoms with Crippen molar-refractivity contribution in [2.75, 3.05) is 0 Å². The van der Waals surface area contributed by atoms with Gasteiger partial charge in [0.05, 0.1) is 0 Å². The summed E-state index contributed by atoms with van der Waals surface area (Å²) >= 11 is 0. The first-order chi connectivity index (χ1) is 7.68. The normalized spacial score (nSPS) is 25.4. The van der Waals surface area contributed by atoms with E-state index in [1.807, 2.05) is 12.1 Å². The van der Waals surface area contributed by atoms with Crippen LogP contribution in [0.15, 0.2) is 24.3 Å². The molecule has 1 aliphatic rings. The summed E-state index contributed by atoms with van der Waals surface area (Å²) in [4.78, 5) is 11.1. The van der Waals surface area contributed by atoms with Crippen LogP contribution in [0.3, 0.4) is 0 Å². The Balaban J connectivity index is 2.17. The first-order valence-corrected chi connectivity index (χ1v) is 5.93. The second-order valence-corrected chi connectivity index (χ2v) is 4.59. The summed E-state index contributed by atoms with van der Waals surface area (Å²) < 4.78 is 13.7. The minimum absolute atomic E-state index is 0.0368. The lowest BCUT2D eigenvalue weighted by molar-refractivity contribution is 0.101. The Morgan fingerprint density at radius 2 is 1.81 bits per heavy atom. The first-order valence-electron chi connectivity index (χ1n) is 5.93. The molecule has 2 heteroatoms. The topological polar surface area (TPSA) is 17.1 Å². The SMILES string of the molecule is CC(=O)c1ccc(C2CCCCC2F)cc1. The molecule has 1 aromatic rings. The molecular formula is C14H17FO. The molecule has 1 aliphatic carbocycles. The molecule has 86 valence electrons. The summed E-state index contributed by atoms with van der Waals surface area (Å²) in [6.07, 6.45) is 3.01. The van der Waals surface area contributed by atoms with Gasteiger partial charge in [0.25, 0.3) is 0 Å². The van der Waals surface area contributed by atoms with Gasteiger partial charge in [-0.3, -0.25) is 4.79 Å². The van der Waals surface area contributed by atoms with Crippen LogP contribution in [0.5, 0.6) is 0 Å². The number of Topliss-reactive ketones (excluding diaryl/α,β-unsaturated/α-hetero) is 1. The third kappa shape index (κ3) is 2.31. The smallest absolute Gasteiger partial charge is 0.159 e. The van der Waals surface area contributed by atoms with Gasteiger partial charge in [0, 0.05) is 11.5 Å². The standard InChI is InChI=1S/C14H17FO/c1-10(16)11-6-8-12(9-7-11)13-4-2-3-5-14(13)15/h6-9,13-14H,2-5H2,1H3. The second-order valence-electron chi connectivity index (χ2n) is 4.59. The Hall–Kier alpha value is -1.18. The minimum Gasteiger partial charge on any atom is -0.295 e. The third-order valence-electron chi connectivity index (χ3n) is 3.43. The van der Waals surface area contributed by atoms with E-state index in [0.717, 1.165) is 24.8 Å². The molecule has 0 heterocycles. The van der Waals surface area contributed by atoms with E-state index in [4.69, 9.17) is 0 Å². The van der Waals surface area contributed by atoms with E-state index < -0.39 is 6.17 Å². The van der Waals surface area contributed by atoms with Crippen molar-refractivity contribution in [1.82, 2.24) is 0 Å². The molecule has 2 atom stereocenters. The van der Waals surface area contributed by atoms with Crippen molar-refractivity contribution in [3.05, 3.63) is 35.4 Å². The number of carbonyl (C=O) groups is 1. The van der Waals surface area contributed by atoms with E-state index in [1.54, 1.807) is 19.1 Å². The van der Waals surface area contributed by atoms with Crippen LogP contribution in [0, 0.1) is 0 Å². The van der Waals surface area contributed by atoms with E-state index in [-0.39, 0.29) is 11.7 Å². The lowest BCUT2D eigenvalue weighted by atomic mass is 9.82. The monoisotopic (exact) mass is 220 g/mol. The van der Waals surface area contributed by atoms with Crippen LogP contribution in [-0.2, 0) is 0 Å². The fraction of sp³-hybridized carbons (Fsp3) is 0.500. The van der Waals surface area contributed by atoms with Gasteiger partial charge in [0.15, 0.2) is 5.78 Å². The molecule has 0 spiro atoms. The molecule has 16 heavy (non-hydrogen) atoms. The van der Waals surface area contributed by atoms with E-state index in [9.17, 15) is 9.18 Å². The Kier molecular flexibility index (Phi) is 3.37. The minimum atomic E-state index is -0.711. The van der Waals surface area contributed by atoms with Gasteiger partial charge in [-0.1, -0.05) is 37.1 Å². The lowest BCUT2D eigenvalue weighted by Gasteiger charge is -2.26. The zero-order chi connectivity index (χ0) is 11.5. The van der Waals surface area contributed by atoms with Crippen LogP contribution < -0.4 is 0 Å². The number of ketones is 1. The summed E-state index contributed by atoms with van der Waals surface area (Å²) in [5.74, 6) is 0.0988. The summed E-state index contributed by atoms with van der Waals surface area (Å²) in [6.45, 7) is 1.55. The maximum Gasteiger partial charge on any atom is 0.159 e. The molecule has 1 aromatic carbocycles. The number of hydrogen-bond donors (Lipinski definition) is 0. The zero-order valence-corrected chi connectivity index (χ0v) is 9.58. The highest BCUT2D eigenvalue weighted by molar-refractivity contribution is 5.94. The zero-order valence-electron chi connectivity index (χ0n) is 9.58. The fourth-order valence-corrected chi connectivity index (χ4v) is 2.43. The molecular weight excluding hydrogens is 203 g/mol. The molecule has 0 bridgehead atoms. The predicted molar refractivity (Wildman–Crippen MR) is 62.6 cm³/mol. The summed E-state index contributed by atoms with van der Waals surface area (Å²) in [5, 5.41) is 0. The van der Waals surface area contributed by atoms with Crippen LogP contribution >= 0.6 is 0 Å². The van der Waals surface area contributed by atoms with Gasteiger partial charge in [-0.25, -0.2) is 4.39 Å². The maximum atomic E-state index is 13.7. The van der Waals surface area contributed by atoms with Gasteiger partial charge in [0.2, 0.25) is 0 Å². The highest BCUT2D eigenvalue weighted by atomic mass is 19.1. The molecule has 0 aromatic heterocycles. The van der Waals surface area contributed by atoms with Crippen molar-refractivity contribution in [2.24, 2.45) is 0 Å². The number of rotatable bonds is 2. The Bertz CT molecular complexity index is 369. The number of benzene rings is 1. The second kappa shape index (κ2) is 4.77. The molecule has 0 radical (unpaired) electrons. The van der Waals surface area contributed by atoms with E-state index in [2.05, 4.69) is 0 Å². The molecule has 1 fully saturated rings. The van der Waals surface area contributed by atoms with Crippen LogP contribution in [0.1, 0.15) is 54.4 Å². The van der Waals surface area contributed by atoms with E-state index >= 15 is 0 Å². The van der Waals surface area contributed by atoms with E-state index in [1.165, 1.54) is 0 Å². The van der Waals surface area contributed by atoms with Crippen molar-refractivity contribution < 1.29 is 9.18 Å². The van der Waals surface area contributed by atoms with Gasteiger partial charge < -0.3 is 0 Å². The molecule has 2 unspecified atom stereocenters. The van der Waals surface area contributed by atoms with Crippen LogP contribution in [-0.4, -0.2) is 12.0 Å². The number of hydrogen-bond acceptors (Lipinski definition) is 1. The number of alkyl halides is 1. The molecule has 0 amide bonds. The third-order valence-corrected chi connectivity index (χ3v) is 3.43. The summed E-state index contributed by atoms with van der Waals surface area (Å²) in [7, 11) is 0. The molecule has 0 aliphatic heterocycles. The van der Waals surface area contributed by atoms with Gasteiger partial charge in [-0.2, -0.15) is 0 Å². The Labute approximate surface area is 95.7 Å². The van der Waals surface area contributed by atoms with Crippen LogP contribution in [0.25, 0.3) is 0 Å². The van der Waals surface area contributed by atoms with Gasteiger partial charge in [0.1, 0.15) is 6.17 Å². The molecule has 0 saturated heterocycles. The van der Waals surface area contributed by atoms with Crippen molar-refractivity contribution in [2.45, 2.75) is 44.7 Å². The quantitative estimate of drug-likeness (QED) is 0.691. The van der Waals surface area contributed by atoms with Crippen molar-refractivity contribution in [3.63, 3.8) is 0 Å². The first kappa shape index (κ1) is 11.3. The summed E-state index contributed by atoms with van der Waals surface area (Å²) in [5.41, 5.74) is 1.74. The average molecular weight is 220 g/mol. The largest absolute Gasteiger partial charge is 0.295 e. The van der Waals surface area contributed by atoms with Crippen LogP contribution in [0.4, 0.5) is 4.39 Å². The molecule has 2 rings (SSSR count). The van der Waals surface area contributed by atoms with Gasteiger partial charge in [-0.05, 0) is 25.3 Å². The Morgan fingerprint density at radius 3 is 2.38 bits per heavy atom. The van der Waals surface area contributed by atoms with Crippen molar-refractivity contribution in [3.8, 4) is 0 Å². The maximum absolute atomic E-state index is 13.7. The highest BCUT2D eigenvalue weighted by Crippen LogP contribution is 2.35. The average Bonchev–Trinajstić information content (AvgIpc) is 2.30. The number of carbonyl (C=O) groups excluding carboxylic acids is 1. The molecule has 0 N–H and O–H groups in total. The van der Waals surface area contributed by atoms with Crippen LogP contribution in [0.2, 0.25) is 0 Å². The molecule has 1 saturated carbocycles. The lowest BCUT2D eigenvalue weighted by Crippen LogP contribution is -2.18. The van der Waals surface area contributed by atoms with Crippen molar-refractivity contribution in [1.29, 1.82) is 0 Å². The fourth-order valence-electron chi connectivity index (χ4n) is 2.43.